The normalized spacial score (nSPS) is 10.9. The van der Waals surface area contributed by atoms with Crippen molar-refractivity contribution in [3.05, 3.63) is 89.4 Å². The lowest BCUT2D eigenvalue weighted by molar-refractivity contribution is -0.137. The van der Waals surface area contributed by atoms with Gasteiger partial charge in [0, 0.05) is 23.7 Å². The molecule has 0 radical (unpaired) electrons. The third-order valence-corrected chi connectivity index (χ3v) is 5.59. The lowest BCUT2D eigenvalue weighted by atomic mass is 10.0. The number of aromatic nitrogens is 3. The summed E-state index contributed by atoms with van der Waals surface area (Å²) in [4.78, 5) is 37.4. The first kappa shape index (κ1) is 23.9. The van der Waals surface area contributed by atoms with Crippen LogP contribution in [0.1, 0.15) is 46.6 Å². The first-order valence-corrected chi connectivity index (χ1v) is 11.4. The third kappa shape index (κ3) is 6.23. The van der Waals surface area contributed by atoms with E-state index >= 15 is 0 Å². The summed E-state index contributed by atoms with van der Waals surface area (Å²) in [5.41, 5.74) is 5.19. The molecule has 2 heterocycles. The number of benzene rings is 2. The number of hydrogen-bond donors (Lipinski definition) is 2. The van der Waals surface area contributed by atoms with Crippen molar-refractivity contribution in [3.63, 3.8) is 0 Å². The van der Waals surface area contributed by atoms with E-state index in [1.807, 2.05) is 30.3 Å². The van der Waals surface area contributed by atoms with Crippen molar-refractivity contribution in [3.8, 4) is 11.3 Å². The molecule has 2 N–H and O–H groups in total. The number of aliphatic carboxylic acids is 1. The Morgan fingerprint density at radius 1 is 0.943 bits per heavy atom. The van der Waals surface area contributed by atoms with Gasteiger partial charge in [-0.05, 0) is 55.2 Å². The van der Waals surface area contributed by atoms with Crippen molar-refractivity contribution >= 4 is 22.9 Å². The molecular weight excluding hydrogens is 447 g/mol. The summed E-state index contributed by atoms with van der Waals surface area (Å²) in [5.74, 6) is -1.08. The van der Waals surface area contributed by atoms with Crippen LogP contribution < -0.4 is 5.32 Å². The number of carbonyl (C=O) groups is 2. The molecule has 2 aromatic carbocycles. The Hall–Kier alpha value is -4.20. The maximum absolute atomic E-state index is 13.0. The number of alkyl halides is 1. The van der Waals surface area contributed by atoms with Crippen molar-refractivity contribution in [2.24, 2.45) is 0 Å². The predicted molar refractivity (Wildman–Crippen MR) is 130 cm³/mol. The van der Waals surface area contributed by atoms with Crippen molar-refractivity contribution in [1.82, 2.24) is 20.3 Å². The minimum absolute atomic E-state index is 0.0854. The highest BCUT2D eigenvalue weighted by molar-refractivity contribution is 5.97. The summed E-state index contributed by atoms with van der Waals surface area (Å²) < 4.78 is 13.0. The van der Waals surface area contributed by atoms with Crippen LogP contribution in [-0.2, 0) is 24.4 Å². The maximum atomic E-state index is 13.0. The fraction of sp³-hybridized carbons (Fsp3) is 0.222. The second-order valence-electron chi connectivity index (χ2n) is 8.16. The molecule has 0 unspecified atom stereocenters. The molecule has 8 heteroatoms. The van der Waals surface area contributed by atoms with Crippen molar-refractivity contribution < 1.29 is 19.1 Å². The Kier molecular flexibility index (Phi) is 7.72. The lowest BCUT2D eigenvalue weighted by Gasteiger charge is -2.12. The highest BCUT2D eigenvalue weighted by atomic mass is 19.1. The molecule has 178 valence electrons. The lowest BCUT2D eigenvalue weighted by Crippen LogP contribution is -2.23. The second kappa shape index (κ2) is 11.3. The van der Waals surface area contributed by atoms with E-state index in [9.17, 15) is 14.0 Å². The topological polar surface area (TPSA) is 105 Å². The zero-order chi connectivity index (χ0) is 24.6. The number of unbranched alkanes of at least 4 members (excludes halogenated alkanes) is 1. The number of aryl methyl sites for hydroxylation is 1. The number of nitrogens with one attached hydrogen (secondary N) is 1. The van der Waals surface area contributed by atoms with E-state index in [-0.39, 0.29) is 12.3 Å². The number of carbonyl (C=O) groups excluding carboxylic acids is 1. The van der Waals surface area contributed by atoms with E-state index in [0.717, 1.165) is 11.3 Å². The van der Waals surface area contributed by atoms with Crippen LogP contribution in [0, 0.1) is 0 Å². The van der Waals surface area contributed by atoms with E-state index in [1.54, 1.807) is 36.5 Å². The summed E-state index contributed by atoms with van der Waals surface area (Å²) in [6.45, 7) is -0.233. The van der Waals surface area contributed by atoms with E-state index in [2.05, 4.69) is 10.3 Å². The smallest absolute Gasteiger partial charge is 0.303 e. The second-order valence-corrected chi connectivity index (χ2v) is 8.16. The summed E-state index contributed by atoms with van der Waals surface area (Å²) in [5, 5.41) is 11.8. The molecule has 0 bridgehead atoms. The van der Waals surface area contributed by atoms with Gasteiger partial charge in [-0.1, -0.05) is 30.3 Å². The van der Waals surface area contributed by atoms with Gasteiger partial charge in [0.1, 0.15) is 6.67 Å². The number of hydrogen-bond acceptors (Lipinski definition) is 5. The fourth-order valence-corrected chi connectivity index (χ4v) is 3.73. The van der Waals surface area contributed by atoms with Crippen LogP contribution in [0.5, 0.6) is 0 Å². The largest absolute Gasteiger partial charge is 0.481 e. The SMILES string of the molecule is O=C(O)CCCCc1nc2cc(C(=O)NCc3ccccn3)ccc2nc1-c1ccc(CF)cc1. The molecule has 1 amide bonds. The van der Waals surface area contributed by atoms with Crippen molar-refractivity contribution in [2.75, 3.05) is 0 Å². The van der Waals surface area contributed by atoms with Crippen molar-refractivity contribution in [2.45, 2.75) is 38.9 Å². The Bertz CT molecular complexity index is 1330. The average Bonchev–Trinajstić information content (AvgIpc) is 2.89. The van der Waals surface area contributed by atoms with Crippen LogP contribution in [0.3, 0.4) is 0 Å². The van der Waals surface area contributed by atoms with Gasteiger partial charge in [0.05, 0.1) is 34.7 Å². The monoisotopic (exact) mass is 472 g/mol. The van der Waals surface area contributed by atoms with E-state index in [4.69, 9.17) is 15.1 Å². The van der Waals surface area contributed by atoms with Crippen LogP contribution in [-0.4, -0.2) is 31.9 Å². The molecule has 7 nitrogen and oxygen atoms in total. The van der Waals surface area contributed by atoms with Crippen LogP contribution in [0.15, 0.2) is 66.9 Å². The molecule has 0 saturated heterocycles. The molecule has 0 atom stereocenters. The van der Waals surface area contributed by atoms with Gasteiger partial charge in [-0.25, -0.2) is 14.4 Å². The highest BCUT2D eigenvalue weighted by Gasteiger charge is 2.14. The third-order valence-electron chi connectivity index (χ3n) is 5.59. The first-order valence-electron chi connectivity index (χ1n) is 11.4. The zero-order valence-electron chi connectivity index (χ0n) is 19.1. The van der Waals surface area contributed by atoms with E-state index < -0.39 is 12.6 Å². The summed E-state index contributed by atoms with van der Waals surface area (Å²) in [6.07, 6.45) is 3.44. The number of carboxylic acids is 1. The number of fused-ring (bicyclic) bond motifs is 1. The van der Waals surface area contributed by atoms with Gasteiger partial charge in [0.2, 0.25) is 0 Å². The van der Waals surface area contributed by atoms with Crippen LogP contribution >= 0.6 is 0 Å². The van der Waals surface area contributed by atoms with E-state index in [1.165, 1.54) is 0 Å². The Labute approximate surface area is 202 Å². The van der Waals surface area contributed by atoms with Crippen LogP contribution in [0.4, 0.5) is 4.39 Å². The molecule has 0 aliphatic heterocycles. The quantitative estimate of drug-likeness (QED) is 0.319. The molecule has 0 spiro atoms. The zero-order valence-corrected chi connectivity index (χ0v) is 19.1. The fourth-order valence-electron chi connectivity index (χ4n) is 3.73. The number of halogens is 1. The molecule has 0 aliphatic rings. The molecule has 4 aromatic rings. The number of carboxylic acid groups (broad SMARTS) is 1. The van der Waals surface area contributed by atoms with Crippen LogP contribution in [0.25, 0.3) is 22.3 Å². The van der Waals surface area contributed by atoms with Crippen LogP contribution in [0.2, 0.25) is 0 Å². The molecule has 0 aliphatic carbocycles. The molecule has 0 fully saturated rings. The predicted octanol–water partition coefficient (Wildman–Crippen LogP) is 4.89. The van der Waals surface area contributed by atoms with Gasteiger partial charge in [-0.3, -0.25) is 14.6 Å². The molecule has 35 heavy (non-hydrogen) atoms. The van der Waals surface area contributed by atoms with Crippen molar-refractivity contribution in [1.29, 1.82) is 0 Å². The van der Waals surface area contributed by atoms with Gasteiger partial charge in [-0.15, -0.1) is 0 Å². The van der Waals surface area contributed by atoms with Gasteiger partial charge in [0.15, 0.2) is 0 Å². The number of pyridine rings is 1. The van der Waals surface area contributed by atoms with Gasteiger partial charge < -0.3 is 10.4 Å². The molecule has 2 aromatic heterocycles. The maximum Gasteiger partial charge on any atom is 0.303 e. The standard InChI is InChI=1S/C27H25FN4O3/c28-16-18-8-10-19(11-9-18)26-23(6-1-2-7-25(33)34)31-24-15-20(12-13-22(24)32-26)27(35)30-17-21-5-3-4-14-29-21/h3-5,8-15H,1-2,6-7,16-17H2,(H,30,35)(H,33,34). The summed E-state index contributed by atoms with van der Waals surface area (Å²) in [6, 6.07) is 17.7. The summed E-state index contributed by atoms with van der Waals surface area (Å²) >= 11 is 0. The van der Waals surface area contributed by atoms with Gasteiger partial charge in [-0.2, -0.15) is 0 Å². The van der Waals surface area contributed by atoms with E-state index in [0.29, 0.717) is 59.4 Å². The minimum atomic E-state index is -0.835. The minimum Gasteiger partial charge on any atom is -0.481 e. The average molecular weight is 473 g/mol. The molecule has 4 rings (SSSR count). The molecule has 0 saturated carbocycles. The number of amides is 1. The first-order chi connectivity index (χ1) is 17.0. The summed E-state index contributed by atoms with van der Waals surface area (Å²) in [7, 11) is 0. The Balaban J connectivity index is 1.61. The van der Waals surface area contributed by atoms with Gasteiger partial charge in [0.25, 0.3) is 5.91 Å². The Morgan fingerprint density at radius 3 is 2.49 bits per heavy atom. The number of nitrogens with zero attached hydrogens (tertiary/aromatic N) is 3. The highest BCUT2D eigenvalue weighted by Crippen LogP contribution is 2.26. The molecular formula is C27H25FN4O3. The Morgan fingerprint density at radius 2 is 1.77 bits per heavy atom. The van der Waals surface area contributed by atoms with Gasteiger partial charge >= 0.3 is 5.97 Å². The number of rotatable bonds is 10.